The Morgan fingerprint density at radius 1 is 1.04 bits per heavy atom. The SMILES string of the molecule is CCCCCCCC/C=C/CCCO[C@H](CO)[C@H]1OC[C@H](O)[C@H]1O. The number of hydrogen-bond acceptors (Lipinski definition) is 5. The molecule has 0 saturated carbocycles. The van der Waals surface area contributed by atoms with E-state index in [0.717, 1.165) is 19.3 Å². The van der Waals surface area contributed by atoms with Gasteiger partial charge in [-0.3, -0.25) is 0 Å². The van der Waals surface area contributed by atoms with Crippen LogP contribution in [-0.4, -0.2) is 59.6 Å². The summed E-state index contributed by atoms with van der Waals surface area (Å²) in [6, 6.07) is 0. The lowest BCUT2D eigenvalue weighted by molar-refractivity contribution is -0.101. The Balaban J connectivity index is 1.99. The molecule has 24 heavy (non-hydrogen) atoms. The fourth-order valence-corrected chi connectivity index (χ4v) is 2.92. The second kappa shape index (κ2) is 13.8. The molecule has 1 saturated heterocycles. The highest BCUT2D eigenvalue weighted by molar-refractivity contribution is 4.88. The van der Waals surface area contributed by atoms with Gasteiger partial charge in [-0.2, -0.15) is 0 Å². The molecular weight excluding hydrogens is 308 g/mol. The van der Waals surface area contributed by atoms with Crippen LogP contribution in [0.4, 0.5) is 0 Å². The van der Waals surface area contributed by atoms with E-state index in [1.165, 1.54) is 38.5 Å². The Bertz CT molecular complexity index is 321. The lowest BCUT2D eigenvalue weighted by Gasteiger charge is -2.24. The van der Waals surface area contributed by atoms with E-state index >= 15 is 0 Å². The monoisotopic (exact) mass is 344 g/mol. The minimum absolute atomic E-state index is 0.0902. The van der Waals surface area contributed by atoms with Crippen LogP contribution >= 0.6 is 0 Å². The molecule has 142 valence electrons. The molecule has 0 aromatic rings. The summed E-state index contributed by atoms with van der Waals surface area (Å²) in [5.41, 5.74) is 0. The van der Waals surface area contributed by atoms with Crippen LogP contribution in [0.5, 0.6) is 0 Å². The van der Waals surface area contributed by atoms with E-state index in [1.807, 2.05) is 0 Å². The van der Waals surface area contributed by atoms with Crippen LogP contribution in [0, 0.1) is 0 Å². The molecule has 4 atom stereocenters. The van der Waals surface area contributed by atoms with Gasteiger partial charge in [-0.05, 0) is 25.7 Å². The highest BCUT2D eigenvalue weighted by Gasteiger charge is 2.40. The second-order valence-corrected chi connectivity index (χ2v) is 6.62. The zero-order valence-electron chi connectivity index (χ0n) is 15.1. The quantitative estimate of drug-likeness (QED) is 0.333. The highest BCUT2D eigenvalue weighted by Crippen LogP contribution is 2.19. The van der Waals surface area contributed by atoms with Crippen LogP contribution in [0.25, 0.3) is 0 Å². The zero-order chi connectivity index (χ0) is 17.6. The number of aliphatic hydroxyl groups is 3. The number of rotatable bonds is 14. The molecule has 0 aromatic carbocycles. The molecule has 5 nitrogen and oxygen atoms in total. The maximum Gasteiger partial charge on any atom is 0.114 e. The van der Waals surface area contributed by atoms with Gasteiger partial charge in [0, 0.05) is 6.61 Å². The van der Waals surface area contributed by atoms with E-state index in [4.69, 9.17) is 9.47 Å². The van der Waals surface area contributed by atoms with Gasteiger partial charge in [-0.25, -0.2) is 0 Å². The number of aliphatic hydroxyl groups excluding tert-OH is 3. The predicted octanol–water partition coefficient (Wildman–Crippen LogP) is 2.57. The van der Waals surface area contributed by atoms with Gasteiger partial charge in [0.25, 0.3) is 0 Å². The zero-order valence-corrected chi connectivity index (χ0v) is 15.1. The molecule has 0 bridgehead atoms. The van der Waals surface area contributed by atoms with Crippen molar-refractivity contribution < 1.29 is 24.8 Å². The first-order valence-corrected chi connectivity index (χ1v) is 9.55. The molecule has 0 aliphatic carbocycles. The summed E-state index contributed by atoms with van der Waals surface area (Å²) in [5.74, 6) is 0. The maximum absolute atomic E-state index is 9.77. The van der Waals surface area contributed by atoms with Crippen molar-refractivity contribution in [1.82, 2.24) is 0 Å². The third-order valence-corrected chi connectivity index (χ3v) is 4.47. The Morgan fingerprint density at radius 3 is 2.33 bits per heavy atom. The summed E-state index contributed by atoms with van der Waals surface area (Å²) in [5, 5.41) is 28.6. The van der Waals surface area contributed by atoms with Gasteiger partial charge in [-0.15, -0.1) is 0 Å². The highest BCUT2D eigenvalue weighted by atomic mass is 16.6. The summed E-state index contributed by atoms with van der Waals surface area (Å²) >= 11 is 0. The van der Waals surface area contributed by atoms with Gasteiger partial charge in [-0.1, -0.05) is 51.2 Å². The molecule has 0 spiro atoms. The molecule has 1 fully saturated rings. The lowest BCUT2D eigenvalue weighted by Crippen LogP contribution is -2.42. The van der Waals surface area contributed by atoms with Crippen molar-refractivity contribution >= 4 is 0 Å². The first kappa shape index (κ1) is 21.6. The summed E-state index contributed by atoms with van der Waals surface area (Å²) in [4.78, 5) is 0. The van der Waals surface area contributed by atoms with E-state index in [1.54, 1.807) is 0 Å². The molecule has 0 radical (unpaired) electrons. The van der Waals surface area contributed by atoms with E-state index in [2.05, 4.69) is 19.1 Å². The van der Waals surface area contributed by atoms with Crippen molar-refractivity contribution in [2.75, 3.05) is 19.8 Å². The van der Waals surface area contributed by atoms with Crippen LogP contribution in [0.15, 0.2) is 12.2 Å². The molecule has 0 amide bonds. The fraction of sp³-hybridized carbons (Fsp3) is 0.895. The van der Waals surface area contributed by atoms with Crippen LogP contribution in [-0.2, 0) is 9.47 Å². The number of allylic oxidation sites excluding steroid dienone is 2. The van der Waals surface area contributed by atoms with Crippen LogP contribution in [0.2, 0.25) is 0 Å². The van der Waals surface area contributed by atoms with Gasteiger partial charge in [0.2, 0.25) is 0 Å². The van der Waals surface area contributed by atoms with Crippen molar-refractivity contribution in [3.05, 3.63) is 12.2 Å². The second-order valence-electron chi connectivity index (χ2n) is 6.62. The van der Waals surface area contributed by atoms with E-state index in [9.17, 15) is 15.3 Å². The molecule has 0 aromatic heterocycles. The van der Waals surface area contributed by atoms with Gasteiger partial charge < -0.3 is 24.8 Å². The molecule has 5 heteroatoms. The normalized spacial score (nSPS) is 25.6. The largest absolute Gasteiger partial charge is 0.394 e. The average Bonchev–Trinajstić information content (AvgIpc) is 2.92. The Kier molecular flexibility index (Phi) is 12.4. The topological polar surface area (TPSA) is 79.2 Å². The van der Waals surface area contributed by atoms with Gasteiger partial charge in [0.15, 0.2) is 0 Å². The van der Waals surface area contributed by atoms with Crippen molar-refractivity contribution in [1.29, 1.82) is 0 Å². The van der Waals surface area contributed by atoms with Crippen molar-refractivity contribution in [3.8, 4) is 0 Å². The van der Waals surface area contributed by atoms with Crippen molar-refractivity contribution in [3.63, 3.8) is 0 Å². The molecule has 1 aliphatic heterocycles. The van der Waals surface area contributed by atoms with E-state index in [-0.39, 0.29) is 13.2 Å². The third-order valence-electron chi connectivity index (χ3n) is 4.47. The number of unbranched alkanes of at least 4 members (excludes halogenated alkanes) is 7. The van der Waals surface area contributed by atoms with Crippen LogP contribution in [0.1, 0.15) is 64.7 Å². The van der Waals surface area contributed by atoms with E-state index < -0.39 is 24.4 Å². The molecule has 1 aliphatic rings. The van der Waals surface area contributed by atoms with Crippen LogP contribution in [0.3, 0.4) is 0 Å². The number of hydrogen-bond donors (Lipinski definition) is 3. The molecule has 1 heterocycles. The maximum atomic E-state index is 9.77. The Hall–Kier alpha value is -0.460. The van der Waals surface area contributed by atoms with Gasteiger partial charge >= 0.3 is 0 Å². The summed E-state index contributed by atoms with van der Waals surface area (Å²) in [6.45, 7) is 2.62. The smallest absolute Gasteiger partial charge is 0.114 e. The first-order chi connectivity index (χ1) is 11.7. The van der Waals surface area contributed by atoms with Crippen LogP contribution < -0.4 is 0 Å². The molecule has 1 rings (SSSR count). The minimum atomic E-state index is -0.987. The van der Waals surface area contributed by atoms with Gasteiger partial charge in [0.05, 0.1) is 13.2 Å². The first-order valence-electron chi connectivity index (χ1n) is 9.55. The molecular formula is C19H36O5. The molecule has 3 N–H and O–H groups in total. The fourth-order valence-electron chi connectivity index (χ4n) is 2.92. The average molecular weight is 344 g/mol. The van der Waals surface area contributed by atoms with Crippen molar-refractivity contribution in [2.45, 2.75) is 89.1 Å². The van der Waals surface area contributed by atoms with E-state index in [0.29, 0.717) is 6.61 Å². The number of ether oxygens (including phenoxy) is 2. The van der Waals surface area contributed by atoms with Crippen molar-refractivity contribution in [2.24, 2.45) is 0 Å². The minimum Gasteiger partial charge on any atom is -0.394 e. The summed E-state index contributed by atoms with van der Waals surface area (Å²) in [7, 11) is 0. The summed E-state index contributed by atoms with van der Waals surface area (Å²) in [6.07, 6.45) is 12.2. The standard InChI is InChI=1S/C19H36O5/c1-2-3-4-5-6-7-8-9-10-11-12-13-23-17(14-20)19-18(22)16(21)15-24-19/h9-10,16-22H,2-8,11-15H2,1H3/b10-9+/t16-,17+,18+,19+/m0/s1. The Morgan fingerprint density at radius 2 is 1.71 bits per heavy atom. The lowest BCUT2D eigenvalue weighted by atomic mass is 10.1. The summed E-state index contributed by atoms with van der Waals surface area (Å²) < 4.78 is 10.9. The third kappa shape index (κ3) is 8.58. The predicted molar refractivity (Wildman–Crippen MR) is 94.9 cm³/mol. The van der Waals surface area contributed by atoms with Gasteiger partial charge in [0.1, 0.15) is 24.4 Å². The molecule has 0 unspecified atom stereocenters. The Labute approximate surface area is 146 Å².